The highest BCUT2D eigenvalue weighted by molar-refractivity contribution is 5.83. The number of allylic oxidation sites excluding steroid dienone is 1. The largest absolute Gasteiger partial charge is 0.495 e. The maximum absolute atomic E-state index is 13.2. The number of anilines is 1. The maximum atomic E-state index is 13.2. The zero-order valence-electron chi connectivity index (χ0n) is 15.8. The normalized spacial score (nSPS) is 44.2. The number of rotatable bonds is 2. The fraction of sp³-hybridized carbons (Fsp3) is 0.571. The molecule has 6 nitrogen and oxygen atoms in total. The second-order valence-electron chi connectivity index (χ2n) is 8.39. The van der Waals surface area contributed by atoms with Crippen molar-refractivity contribution in [2.24, 2.45) is 11.8 Å². The van der Waals surface area contributed by atoms with Crippen LogP contribution in [0.4, 0.5) is 5.69 Å². The molecule has 1 aromatic carbocycles. The Labute approximate surface area is 158 Å². The molecule has 4 heterocycles. The molecule has 1 spiro atoms. The molecular formula is C21H24N2O4. The first-order valence-corrected chi connectivity index (χ1v) is 9.73. The lowest BCUT2D eigenvalue weighted by atomic mass is 9.49. The van der Waals surface area contributed by atoms with E-state index in [9.17, 15) is 4.79 Å². The van der Waals surface area contributed by atoms with E-state index >= 15 is 0 Å². The van der Waals surface area contributed by atoms with Crippen LogP contribution in [0.25, 0.3) is 0 Å². The lowest BCUT2D eigenvalue weighted by molar-refractivity contribution is -0.161. The molecule has 1 saturated carbocycles. The Hall–Kier alpha value is -2.05. The molecule has 4 aliphatic heterocycles. The van der Waals surface area contributed by atoms with Crippen LogP contribution in [-0.2, 0) is 19.7 Å². The van der Waals surface area contributed by atoms with Crippen LogP contribution in [0.1, 0.15) is 25.3 Å². The SMILES string of the molecule is CC=C1CN2[C@@H]3C[C@@]45c6cccc(OC)c6N[C@]4(O3)[C@@H]2C[C@@H]1[C@@H]5C(=O)OC. The van der Waals surface area contributed by atoms with Crippen molar-refractivity contribution in [2.45, 2.75) is 43.2 Å². The molecule has 4 fully saturated rings. The highest BCUT2D eigenvalue weighted by Crippen LogP contribution is 2.72. The van der Waals surface area contributed by atoms with Crippen LogP contribution in [0.2, 0.25) is 0 Å². The number of hydrogen-bond donors (Lipinski definition) is 1. The van der Waals surface area contributed by atoms with Gasteiger partial charge in [0.2, 0.25) is 0 Å². The number of fused-ring (bicyclic) bond motifs is 4. The van der Waals surface area contributed by atoms with Gasteiger partial charge in [0.15, 0.2) is 5.72 Å². The summed E-state index contributed by atoms with van der Waals surface area (Å²) in [6, 6.07) is 6.38. The number of carbonyl (C=O) groups excluding carboxylic acids is 1. The quantitative estimate of drug-likeness (QED) is 0.638. The van der Waals surface area contributed by atoms with E-state index < -0.39 is 11.1 Å². The molecule has 1 aromatic rings. The predicted octanol–water partition coefficient (Wildman–Crippen LogP) is 2.25. The molecule has 27 heavy (non-hydrogen) atoms. The first kappa shape index (κ1) is 16.0. The van der Waals surface area contributed by atoms with E-state index in [2.05, 4.69) is 29.3 Å². The predicted molar refractivity (Wildman–Crippen MR) is 98.4 cm³/mol. The van der Waals surface area contributed by atoms with Crippen LogP contribution in [0, 0.1) is 11.8 Å². The van der Waals surface area contributed by atoms with Crippen LogP contribution >= 0.6 is 0 Å². The summed E-state index contributed by atoms with van der Waals surface area (Å²) in [5.74, 6) is 0.622. The fourth-order valence-electron chi connectivity index (χ4n) is 6.96. The molecule has 0 radical (unpaired) electrons. The van der Waals surface area contributed by atoms with Crippen LogP contribution < -0.4 is 10.1 Å². The van der Waals surface area contributed by atoms with E-state index in [1.54, 1.807) is 7.11 Å². The molecule has 6 heteroatoms. The minimum Gasteiger partial charge on any atom is -0.495 e. The number of ether oxygens (including phenoxy) is 3. The van der Waals surface area contributed by atoms with E-state index in [-0.39, 0.29) is 30.1 Å². The third kappa shape index (κ3) is 1.49. The average Bonchev–Trinajstić information content (AvgIpc) is 3.29. The molecule has 5 aliphatic rings. The van der Waals surface area contributed by atoms with Crippen molar-refractivity contribution < 1.29 is 19.0 Å². The van der Waals surface area contributed by atoms with Gasteiger partial charge in [-0.2, -0.15) is 0 Å². The van der Waals surface area contributed by atoms with Gasteiger partial charge < -0.3 is 19.5 Å². The second kappa shape index (κ2) is 4.86. The molecule has 3 saturated heterocycles. The summed E-state index contributed by atoms with van der Waals surface area (Å²) in [4.78, 5) is 15.7. The highest BCUT2D eigenvalue weighted by Gasteiger charge is 2.82. The molecule has 0 amide bonds. The number of piperidine rings is 2. The Bertz CT molecular complexity index is 898. The number of nitrogens with one attached hydrogen (secondary N) is 1. The minimum atomic E-state index is -0.580. The van der Waals surface area contributed by atoms with Gasteiger partial charge in [-0.1, -0.05) is 23.8 Å². The van der Waals surface area contributed by atoms with Crippen molar-refractivity contribution in [1.29, 1.82) is 0 Å². The van der Waals surface area contributed by atoms with Gasteiger partial charge in [-0.15, -0.1) is 0 Å². The van der Waals surface area contributed by atoms with E-state index in [1.807, 2.05) is 12.1 Å². The molecule has 6 atom stereocenters. The Morgan fingerprint density at radius 1 is 1.41 bits per heavy atom. The summed E-state index contributed by atoms with van der Waals surface area (Å²) in [6.07, 6.45) is 3.95. The summed E-state index contributed by atoms with van der Waals surface area (Å²) in [5, 5.41) is 3.72. The average molecular weight is 368 g/mol. The summed E-state index contributed by atoms with van der Waals surface area (Å²) in [6.45, 7) is 2.95. The molecule has 1 N–H and O–H groups in total. The van der Waals surface area contributed by atoms with Crippen molar-refractivity contribution in [1.82, 2.24) is 4.90 Å². The zero-order valence-corrected chi connectivity index (χ0v) is 15.8. The lowest BCUT2D eigenvalue weighted by Gasteiger charge is -2.60. The molecular weight excluding hydrogens is 344 g/mol. The van der Waals surface area contributed by atoms with Crippen LogP contribution in [0.5, 0.6) is 5.75 Å². The van der Waals surface area contributed by atoms with E-state index in [1.165, 1.54) is 12.7 Å². The number of hydrogen-bond acceptors (Lipinski definition) is 6. The number of carbonyl (C=O) groups is 1. The van der Waals surface area contributed by atoms with Gasteiger partial charge in [-0.25, -0.2) is 0 Å². The smallest absolute Gasteiger partial charge is 0.310 e. The van der Waals surface area contributed by atoms with E-state index in [0.29, 0.717) is 0 Å². The molecule has 142 valence electrons. The van der Waals surface area contributed by atoms with Crippen molar-refractivity contribution in [3.05, 3.63) is 35.4 Å². The summed E-state index contributed by atoms with van der Waals surface area (Å²) in [5.41, 5.74) is 2.45. The lowest BCUT2D eigenvalue weighted by Crippen LogP contribution is -2.73. The molecule has 0 unspecified atom stereocenters. The van der Waals surface area contributed by atoms with Crippen molar-refractivity contribution >= 4 is 11.7 Å². The summed E-state index contributed by atoms with van der Waals surface area (Å²) >= 11 is 0. The first-order valence-electron chi connectivity index (χ1n) is 9.73. The molecule has 0 aromatic heterocycles. The van der Waals surface area contributed by atoms with Crippen LogP contribution in [0.3, 0.4) is 0 Å². The van der Waals surface area contributed by atoms with Crippen molar-refractivity contribution in [2.75, 3.05) is 26.1 Å². The van der Waals surface area contributed by atoms with Crippen molar-refractivity contribution in [3.8, 4) is 5.75 Å². The third-order valence-corrected chi connectivity index (χ3v) is 7.84. The number of methoxy groups -OCH3 is 2. The number of benzene rings is 1. The minimum absolute atomic E-state index is 0.0326. The van der Waals surface area contributed by atoms with Crippen LogP contribution in [0.15, 0.2) is 29.8 Å². The Morgan fingerprint density at radius 2 is 2.26 bits per heavy atom. The maximum Gasteiger partial charge on any atom is 0.310 e. The van der Waals surface area contributed by atoms with Gasteiger partial charge in [-0.3, -0.25) is 9.69 Å². The van der Waals surface area contributed by atoms with E-state index in [0.717, 1.165) is 36.4 Å². The fourth-order valence-corrected chi connectivity index (χ4v) is 6.96. The number of para-hydroxylation sites is 1. The monoisotopic (exact) mass is 368 g/mol. The van der Waals surface area contributed by atoms with Gasteiger partial charge in [0, 0.05) is 13.0 Å². The first-order chi connectivity index (χ1) is 13.1. The molecule has 6 rings (SSSR count). The summed E-state index contributed by atoms with van der Waals surface area (Å²) < 4.78 is 17.7. The van der Waals surface area contributed by atoms with Crippen LogP contribution in [-0.4, -0.2) is 49.6 Å². The number of nitrogens with zero attached hydrogens (tertiary/aromatic N) is 1. The van der Waals surface area contributed by atoms with Crippen molar-refractivity contribution in [3.63, 3.8) is 0 Å². The van der Waals surface area contributed by atoms with Gasteiger partial charge in [0.05, 0.1) is 37.3 Å². The van der Waals surface area contributed by atoms with Gasteiger partial charge in [0.1, 0.15) is 12.0 Å². The van der Waals surface area contributed by atoms with Gasteiger partial charge in [-0.05, 0) is 30.9 Å². The molecule has 1 aliphatic carbocycles. The zero-order chi connectivity index (χ0) is 18.6. The third-order valence-electron chi connectivity index (χ3n) is 7.84. The topological polar surface area (TPSA) is 60.0 Å². The van der Waals surface area contributed by atoms with Gasteiger partial charge >= 0.3 is 5.97 Å². The standard InChI is InChI=1S/C21H24N2O4/c1-4-11-10-23-15-8-12(11)17(19(24)26-3)20-9-16(23)27-21(15,20)22-18-13(20)6-5-7-14(18)25-2/h4-7,12,15-17,22H,8-10H2,1-3H3/t12-,15-,16-,17+,20-,21-/m0/s1. The Morgan fingerprint density at radius 3 is 3.00 bits per heavy atom. The van der Waals surface area contributed by atoms with Gasteiger partial charge in [0.25, 0.3) is 0 Å². The Kier molecular flexibility index (Phi) is 2.87. The Balaban J connectivity index is 1.66. The second-order valence-corrected chi connectivity index (χ2v) is 8.39. The number of esters is 1. The molecule has 4 bridgehead atoms. The van der Waals surface area contributed by atoms with E-state index in [4.69, 9.17) is 14.2 Å². The summed E-state index contributed by atoms with van der Waals surface area (Å²) in [7, 11) is 3.19. The highest BCUT2D eigenvalue weighted by atomic mass is 16.6.